The molecule has 0 saturated carbocycles. The van der Waals surface area contributed by atoms with Gasteiger partial charge in [0.25, 0.3) is 0 Å². The molecule has 92 valence electrons. The molecule has 0 radical (unpaired) electrons. The van der Waals surface area contributed by atoms with E-state index in [1.165, 1.54) is 18.7 Å². The van der Waals surface area contributed by atoms with Crippen LogP contribution in [0.3, 0.4) is 0 Å². The third-order valence-electron chi connectivity index (χ3n) is 2.09. The van der Waals surface area contributed by atoms with E-state index in [0.717, 1.165) is 11.3 Å². The molecule has 0 aliphatic heterocycles. The first-order valence-electron chi connectivity index (χ1n) is 5.23. The molecule has 1 aromatic rings. The number of hydrogen-bond acceptors (Lipinski definition) is 3. The fourth-order valence-corrected chi connectivity index (χ4v) is 1.98. The van der Waals surface area contributed by atoms with E-state index in [4.69, 9.17) is 5.11 Å². The van der Waals surface area contributed by atoms with Gasteiger partial charge in [0.2, 0.25) is 5.91 Å². The Morgan fingerprint density at radius 1 is 1.35 bits per heavy atom. The van der Waals surface area contributed by atoms with Crippen molar-refractivity contribution in [1.82, 2.24) is 5.32 Å². The number of carboxylic acid groups (broad SMARTS) is 1. The van der Waals surface area contributed by atoms with Crippen LogP contribution in [0.2, 0.25) is 0 Å². The third-order valence-corrected chi connectivity index (χ3v) is 3.10. The van der Waals surface area contributed by atoms with Crippen LogP contribution < -0.4 is 5.32 Å². The highest BCUT2D eigenvalue weighted by molar-refractivity contribution is 7.99. The summed E-state index contributed by atoms with van der Waals surface area (Å²) in [7, 11) is 0. The van der Waals surface area contributed by atoms with Gasteiger partial charge in [-0.25, -0.2) is 0 Å². The third kappa shape index (κ3) is 5.40. The summed E-state index contributed by atoms with van der Waals surface area (Å²) in [6.45, 7) is 1.45. The number of hydrogen-bond donors (Lipinski definition) is 2. The fourth-order valence-electron chi connectivity index (χ4n) is 1.18. The number of amides is 1. The molecule has 0 spiro atoms. The molecular formula is C12H15NO3S. The molecule has 0 aliphatic rings. The van der Waals surface area contributed by atoms with Crippen molar-refractivity contribution < 1.29 is 14.7 Å². The monoisotopic (exact) mass is 253 g/mol. The molecule has 0 aromatic heterocycles. The molecule has 1 atom stereocenters. The zero-order valence-corrected chi connectivity index (χ0v) is 10.4. The summed E-state index contributed by atoms with van der Waals surface area (Å²) in [5, 5.41) is 11.0. The molecule has 4 nitrogen and oxygen atoms in total. The summed E-state index contributed by atoms with van der Waals surface area (Å²) in [6.07, 6.45) is 0. The van der Waals surface area contributed by atoms with Crippen molar-refractivity contribution in [1.29, 1.82) is 0 Å². The number of benzene rings is 1. The predicted octanol–water partition coefficient (Wildman–Crippen LogP) is 1.51. The number of carbonyl (C=O) groups excluding carboxylic acids is 1. The van der Waals surface area contributed by atoms with E-state index in [9.17, 15) is 9.59 Å². The summed E-state index contributed by atoms with van der Waals surface area (Å²) < 4.78 is 0. The second-order valence-corrected chi connectivity index (χ2v) is 4.59. The second-order valence-electron chi connectivity index (χ2n) is 3.61. The van der Waals surface area contributed by atoms with Gasteiger partial charge >= 0.3 is 5.97 Å². The minimum atomic E-state index is -1.02. The summed E-state index contributed by atoms with van der Waals surface area (Å²) in [5.74, 6) is -0.255. The van der Waals surface area contributed by atoms with Crippen LogP contribution in [0, 0.1) is 0 Å². The van der Waals surface area contributed by atoms with Gasteiger partial charge in [0.1, 0.15) is 6.04 Å². The van der Waals surface area contributed by atoms with E-state index >= 15 is 0 Å². The predicted molar refractivity (Wildman–Crippen MR) is 67.8 cm³/mol. The van der Waals surface area contributed by atoms with Crippen LogP contribution in [-0.4, -0.2) is 28.8 Å². The topological polar surface area (TPSA) is 66.4 Å². The Morgan fingerprint density at radius 3 is 2.59 bits per heavy atom. The number of carbonyl (C=O) groups is 2. The minimum Gasteiger partial charge on any atom is -0.480 e. The Kier molecular flexibility index (Phi) is 5.56. The summed E-state index contributed by atoms with van der Waals surface area (Å²) in [4.78, 5) is 21.9. The summed E-state index contributed by atoms with van der Waals surface area (Å²) >= 11 is 1.46. The zero-order valence-electron chi connectivity index (χ0n) is 9.55. The highest BCUT2D eigenvalue weighted by Crippen LogP contribution is 2.11. The van der Waals surface area contributed by atoms with Gasteiger partial charge < -0.3 is 10.4 Å². The van der Waals surface area contributed by atoms with Gasteiger partial charge in [-0.15, -0.1) is 11.8 Å². The Morgan fingerprint density at radius 2 is 2.00 bits per heavy atom. The minimum absolute atomic E-state index is 0.249. The van der Waals surface area contributed by atoms with Crippen molar-refractivity contribution in [3.8, 4) is 0 Å². The molecule has 5 heteroatoms. The molecule has 0 heterocycles. The molecule has 1 aromatic carbocycles. The Labute approximate surface area is 104 Å². The molecule has 0 bridgehead atoms. The largest absolute Gasteiger partial charge is 0.480 e. The van der Waals surface area contributed by atoms with Gasteiger partial charge in [0, 0.05) is 5.75 Å². The SMILES string of the molecule is C[C@@H](NC(=O)CSCc1ccccc1)C(=O)O. The molecule has 0 fully saturated rings. The van der Waals surface area contributed by atoms with Gasteiger partial charge in [-0.05, 0) is 12.5 Å². The van der Waals surface area contributed by atoms with E-state index < -0.39 is 12.0 Å². The van der Waals surface area contributed by atoms with Crippen LogP contribution in [0.15, 0.2) is 30.3 Å². The lowest BCUT2D eigenvalue weighted by molar-refractivity contribution is -0.140. The normalized spacial score (nSPS) is 11.8. The van der Waals surface area contributed by atoms with Crippen molar-refractivity contribution in [2.24, 2.45) is 0 Å². The average Bonchev–Trinajstić information content (AvgIpc) is 2.30. The summed E-state index contributed by atoms with van der Waals surface area (Å²) in [5.41, 5.74) is 1.15. The first-order valence-corrected chi connectivity index (χ1v) is 6.39. The van der Waals surface area contributed by atoms with Gasteiger partial charge in [-0.1, -0.05) is 30.3 Å². The zero-order chi connectivity index (χ0) is 12.7. The van der Waals surface area contributed by atoms with E-state index in [0.29, 0.717) is 0 Å². The molecular weight excluding hydrogens is 238 g/mol. The second kappa shape index (κ2) is 6.96. The number of thioether (sulfide) groups is 1. The van der Waals surface area contributed by atoms with Crippen molar-refractivity contribution in [3.63, 3.8) is 0 Å². The number of rotatable bonds is 6. The molecule has 0 unspecified atom stereocenters. The molecule has 2 N–H and O–H groups in total. The van der Waals surface area contributed by atoms with E-state index in [2.05, 4.69) is 5.32 Å². The first kappa shape index (κ1) is 13.6. The molecule has 1 amide bonds. The van der Waals surface area contributed by atoms with E-state index in [1.54, 1.807) is 0 Å². The van der Waals surface area contributed by atoms with E-state index in [1.807, 2.05) is 30.3 Å². The molecule has 1 rings (SSSR count). The van der Waals surface area contributed by atoms with Gasteiger partial charge in [-0.3, -0.25) is 9.59 Å². The number of nitrogens with one attached hydrogen (secondary N) is 1. The highest BCUT2D eigenvalue weighted by atomic mass is 32.2. The van der Waals surface area contributed by atoms with Gasteiger partial charge in [-0.2, -0.15) is 0 Å². The quantitative estimate of drug-likeness (QED) is 0.806. The van der Waals surface area contributed by atoms with Gasteiger partial charge in [0.05, 0.1) is 5.75 Å². The van der Waals surface area contributed by atoms with Crippen molar-refractivity contribution in [2.75, 3.05) is 5.75 Å². The van der Waals surface area contributed by atoms with Crippen LogP contribution in [0.1, 0.15) is 12.5 Å². The Bertz CT molecular complexity index is 381. The van der Waals surface area contributed by atoms with Crippen molar-refractivity contribution in [2.45, 2.75) is 18.7 Å². The molecule has 0 saturated heterocycles. The lowest BCUT2D eigenvalue weighted by Gasteiger charge is -2.08. The lowest BCUT2D eigenvalue weighted by atomic mass is 10.2. The maximum atomic E-state index is 11.4. The Balaban J connectivity index is 2.23. The maximum Gasteiger partial charge on any atom is 0.325 e. The lowest BCUT2D eigenvalue weighted by Crippen LogP contribution is -2.39. The van der Waals surface area contributed by atoms with Crippen LogP contribution >= 0.6 is 11.8 Å². The smallest absolute Gasteiger partial charge is 0.325 e. The standard InChI is InChI=1S/C12H15NO3S/c1-9(12(15)16)13-11(14)8-17-7-10-5-3-2-4-6-10/h2-6,9H,7-8H2,1H3,(H,13,14)(H,15,16)/t9-/m1/s1. The number of carboxylic acids is 1. The van der Waals surface area contributed by atoms with Crippen LogP contribution in [-0.2, 0) is 15.3 Å². The Hall–Kier alpha value is -1.49. The van der Waals surface area contributed by atoms with E-state index in [-0.39, 0.29) is 11.7 Å². The molecule has 17 heavy (non-hydrogen) atoms. The maximum absolute atomic E-state index is 11.4. The fraction of sp³-hybridized carbons (Fsp3) is 0.333. The first-order chi connectivity index (χ1) is 8.09. The van der Waals surface area contributed by atoms with Crippen LogP contribution in [0.5, 0.6) is 0 Å². The molecule has 0 aliphatic carbocycles. The average molecular weight is 253 g/mol. The number of aliphatic carboxylic acids is 1. The van der Waals surface area contributed by atoms with Crippen molar-refractivity contribution >= 4 is 23.6 Å². The highest BCUT2D eigenvalue weighted by Gasteiger charge is 2.13. The summed E-state index contributed by atoms with van der Waals surface area (Å²) in [6, 6.07) is 8.98. The van der Waals surface area contributed by atoms with Crippen LogP contribution in [0.25, 0.3) is 0 Å². The van der Waals surface area contributed by atoms with Crippen LogP contribution in [0.4, 0.5) is 0 Å². The van der Waals surface area contributed by atoms with Crippen molar-refractivity contribution in [3.05, 3.63) is 35.9 Å². The van der Waals surface area contributed by atoms with Gasteiger partial charge in [0.15, 0.2) is 0 Å².